The second kappa shape index (κ2) is 7.22. The van der Waals surface area contributed by atoms with E-state index in [0.717, 1.165) is 13.0 Å². The molecular weight excluding hydrogens is 270 g/mol. The summed E-state index contributed by atoms with van der Waals surface area (Å²) in [6.07, 6.45) is 3.54. The van der Waals surface area contributed by atoms with Crippen molar-refractivity contribution >= 4 is 11.8 Å². The van der Waals surface area contributed by atoms with E-state index in [1.807, 2.05) is 0 Å². The molecule has 2 saturated heterocycles. The maximum Gasteiger partial charge on any atom is 0.253 e. The zero-order chi connectivity index (χ0) is 15.3. The van der Waals surface area contributed by atoms with Crippen LogP contribution in [-0.2, 0) is 14.3 Å². The quantitative estimate of drug-likeness (QED) is 0.738. The van der Waals surface area contributed by atoms with Crippen molar-refractivity contribution in [1.29, 1.82) is 0 Å². The first-order valence-corrected chi connectivity index (χ1v) is 7.91. The molecule has 2 aliphatic rings. The average Bonchev–Trinajstić information content (AvgIpc) is 2.96. The van der Waals surface area contributed by atoms with Gasteiger partial charge in [0.2, 0.25) is 5.91 Å². The normalized spacial score (nSPS) is 26.9. The van der Waals surface area contributed by atoms with Crippen LogP contribution in [0.1, 0.15) is 33.1 Å². The van der Waals surface area contributed by atoms with Crippen LogP contribution in [0.3, 0.4) is 0 Å². The summed E-state index contributed by atoms with van der Waals surface area (Å²) in [4.78, 5) is 27.9. The molecule has 1 unspecified atom stereocenters. The Morgan fingerprint density at radius 2 is 1.95 bits per heavy atom. The molecule has 0 radical (unpaired) electrons. The van der Waals surface area contributed by atoms with Crippen molar-refractivity contribution in [1.82, 2.24) is 15.1 Å². The van der Waals surface area contributed by atoms with Gasteiger partial charge in [0.1, 0.15) is 0 Å². The Bertz CT molecular complexity index is 382. The van der Waals surface area contributed by atoms with Crippen molar-refractivity contribution in [3.8, 4) is 0 Å². The summed E-state index contributed by atoms with van der Waals surface area (Å²) in [5.74, 6) is -0.124. The smallest absolute Gasteiger partial charge is 0.253 e. The monoisotopic (exact) mass is 297 g/mol. The molecule has 0 saturated carbocycles. The lowest BCUT2D eigenvalue weighted by atomic mass is 10.0. The molecule has 0 aromatic rings. The van der Waals surface area contributed by atoms with Gasteiger partial charge in [-0.15, -0.1) is 0 Å². The Morgan fingerprint density at radius 1 is 1.24 bits per heavy atom. The minimum absolute atomic E-state index is 0.00800. The molecule has 2 fully saturated rings. The van der Waals surface area contributed by atoms with E-state index >= 15 is 0 Å². The van der Waals surface area contributed by atoms with E-state index in [0.29, 0.717) is 26.2 Å². The highest BCUT2D eigenvalue weighted by Gasteiger charge is 2.39. The summed E-state index contributed by atoms with van der Waals surface area (Å²) in [6.45, 7) is 8.67. The van der Waals surface area contributed by atoms with Crippen LogP contribution in [0.4, 0.5) is 0 Å². The second-order valence-electron chi connectivity index (χ2n) is 6.18. The highest BCUT2D eigenvalue weighted by molar-refractivity contribution is 5.86. The second-order valence-corrected chi connectivity index (χ2v) is 6.18. The Hall–Kier alpha value is -1.14. The fourth-order valence-electron chi connectivity index (χ4n) is 2.97. The Morgan fingerprint density at radius 3 is 2.62 bits per heavy atom. The number of nitrogens with one attached hydrogen (secondary N) is 1. The number of nitrogens with zero attached hydrogens (tertiary/aromatic N) is 2. The van der Waals surface area contributed by atoms with Crippen molar-refractivity contribution in [2.75, 3.05) is 45.9 Å². The molecule has 1 atom stereocenters. The Labute approximate surface area is 126 Å². The molecular formula is C15H27N3O3. The molecule has 0 aromatic carbocycles. The lowest BCUT2D eigenvalue weighted by Gasteiger charge is -2.38. The molecule has 2 rings (SSSR count). The third-order valence-electron chi connectivity index (χ3n) is 4.34. The summed E-state index contributed by atoms with van der Waals surface area (Å²) in [5, 5.41) is 2.95. The van der Waals surface area contributed by atoms with Gasteiger partial charge in [-0.05, 0) is 45.8 Å². The van der Waals surface area contributed by atoms with E-state index in [2.05, 4.69) is 10.2 Å². The Kier molecular flexibility index (Phi) is 5.58. The van der Waals surface area contributed by atoms with Crippen LogP contribution in [0.25, 0.3) is 0 Å². The predicted molar refractivity (Wildman–Crippen MR) is 79.9 cm³/mol. The first-order valence-electron chi connectivity index (χ1n) is 7.91. The number of ether oxygens (including phenoxy) is 1. The maximum absolute atomic E-state index is 12.3. The number of morpholine rings is 1. The molecule has 2 aliphatic heterocycles. The van der Waals surface area contributed by atoms with Crippen LogP contribution in [0.15, 0.2) is 0 Å². The van der Waals surface area contributed by atoms with Crippen LogP contribution >= 0.6 is 0 Å². The number of rotatable bonds is 5. The molecule has 2 heterocycles. The molecule has 6 nitrogen and oxygen atoms in total. The minimum atomic E-state index is -0.919. The Balaban J connectivity index is 1.72. The SMILES string of the molecule is CC(=O)N1CCOC(C)(C(=O)NCCCN2CCCC2)C1. The molecule has 1 N–H and O–H groups in total. The van der Waals surface area contributed by atoms with Gasteiger partial charge in [0.15, 0.2) is 5.60 Å². The van der Waals surface area contributed by atoms with Gasteiger partial charge in [0.25, 0.3) is 5.91 Å². The van der Waals surface area contributed by atoms with Gasteiger partial charge in [0.05, 0.1) is 13.2 Å². The highest BCUT2D eigenvalue weighted by Crippen LogP contribution is 2.18. The van der Waals surface area contributed by atoms with Crippen molar-refractivity contribution in [2.24, 2.45) is 0 Å². The van der Waals surface area contributed by atoms with Gasteiger partial charge in [0, 0.05) is 20.0 Å². The number of carbonyl (C=O) groups excluding carboxylic acids is 2. The molecule has 0 spiro atoms. The molecule has 2 amide bonds. The van der Waals surface area contributed by atoms with Gasteiger partial charge in [-0.3, -0.25) is 9.59 Å². The first kappa shape index (κ1) is 16.2. The third kappa shape index (κ3) is 4.41. The molecule has 0 aromatic heterocycles. The average molecular weight is 297 g/mol. The van der Waals surface area contributed by atoms with E-state index in [-0.39, 0.29) is 11.8 Å². The van der Waals surface area contributed by atoms with E-state index in [1.165, 1.54) is 32.9 Å². The van der Waals surface area contributed by atoms with Crippen LogP contribution in [0, 0.1) is 0 Å². The number of carbonyl (C=O) groups is 2. The zero-order valence-electron chi connectivity index (χ0n) is 13.2. The van der Waals surface area contributed by atoms with Crippen molar-refractivity contribution < 1.29 is 14.3 Å². The number of hydrogen-bond acceptors (Lipinski definition) is 4. The van der Waals surface area contributed by atoms with Crippen LogP contribution in [0.2, 0.25) is 0 Å². The van der Waals surface area contributed by atoms with Crippen LogP contribution < -0.4 is 5.32 Å². The van der Waals surface area contributed by atoms with Crippen LogP contribution in [-0.4, -0.2) is 73.1 Å². The summed E-state index contributed by atoms with van der Waals surface area (Å²) >= 11 is 0. The number of likely N-dealkylation sites (tertiary alicyclic amines) is 1. The molecule has 6 heteroatoms. The highest BCUT2D eigenvalue weighted by atomic mass is 16.5. The molecule has 120 valence electrons. The molecule has 21 heavy (non-hydrogen) atoms. The lowest BCUT2D eigenvalue weighted by Crippen LogP contribution is -2.59. The van der Waals surface area contributed by atoms with Gasteiger partial charge >= 0.3 is 0 Å². The minimum Gasteiger partial charge on any atom is -0.362 e. The summed E-state index contributed by atoms with van der Waals surface area (Å²) in [5.41, 5.74) is -0.919. The van der Waals surface area contributed by atoms with E-state index < -0.39 is 5.60 Å². The van der Waals surface area contributed by atoms with Crippen molar-refractivity contribution in [3.63, 3.8) is 0 Å². The summed E-state index contributed by atoms with van der Waals surface area (Å²) in [7, 11) is 0. The van der Waals surface area contributed by atoms with Crippen molar-refractivity contribution in [3.05, 3.63) is 0 Å². The van der Waals surface area contributed by atoms with E-state index in [1.54, 1.807) is 11.8 Å². The topological polar surface area (TPSA) is 61.9 Å². The molecule has 0 bridgehead atoms. The van der Waals surface area contributed by atoms with E-state index in [9.17, 15) is 9.59 Å². The van der Waals surface area contributed by atoms with Gasteiger partial charge < -0.3 is 19.9 Å². The fraction of sp³-hybridized carbons (Fsp3) is 0.867. The maximum atomic E-state index is 12.3. The fourth-order valence-corrected chi connectivity index (χ4v) is 2.97. The number of amides is 2. The van der Waals surface area contributed by atoms with Gasteiger partial charge in [-0.25, -0.2) is 0 Å². The van der Waals surface area contributed by atoms with Crippen LogP contribution in [0.5, 0.6) is 0 Å². The standard InChI is InChI=1S/C15H27N3O3/c1-13(19)18-10-11-21-15(2,12-18)14(20)16-6-5-9-17-7-3-4-8-17/h3-12H2,1-2H3,(H,16,20). The van der Waals surface area contributed by atoms with Gasteiger partial charge in [-0.2, -0.15) is 0 Å². The predicted octanol–water partition coefficient (Wildman–Crippen LogP) is 0.226. The molecule has 0 aliphatic carbocycles. The zero-order valence-corrected chi connectivity index (χ0v) is 13.2. The van der Waals surface area contributed by atoms with Gasteiger partial charge in [-0.1, -0.05) is 0 Å². The van der Waals surface area contributed by atoms with Crippen molar-refractivity contribution in [2.45, 2.75) is 38.7 Å². The third-order valence-corrected chi connectivity index (χ3v) is 4.34. The lowest BCUT2D eigenvalue weighted by molar-refractivity contribution is -0.162. The number of hydrogen-bond donors (Lipinski definition) is 1. The summed E-state index contributed by atoms with van der Waals surface area (Å²) < 4.78 is 5.62. The largest absolute Gasteiger partial charge is 0.362 e. The van der Waals surface area contributed by atoms with E-state index in [4.69, 9.17) is 4.74 Å². The first-order chi connectivity index (χ1) is 10.0. The summed E-state index contributed by atoms with van der Waals surface area (Å²) in [6, 6.07) is 0.